The van der Waals surface area contributed by atoms with Crippen molar-refractivity contribution in [3.8, 4) is 11.5 Å². The Hall–Kier alpha value is -2.77. The van der Waals surface area contributed by atoms with Gasteiger partial charge in [-0.15, -0.1) is 0 Å². The van der Waals surface area contributed by atoms with Gasteiger partial charge in [-0.3, -0.25) is 14.9 Å². The standard InChI is InChI=1S/C18H26N2O6/c1-5-12(2)19-18(23)20-16(21)11-26-17(22)9-7-13-6-8-14(24-3)15(10-13)25-4/h6,8,10,12H,5,7,9,11H2,1-4H3,(H2,19,20,21,23)/t12-/m0/s1. The molecule has 0 spiro atoms. The maximum absolute atomic E-state index is 11.7. The van der Waals surface area contributed by atoms with Crippen molar-refractivity contribution in [3.63, 3.8) is 0 Å². The van der Waals surface area contributed by atoms with E-state index in [9.17, 15) is 14.4 Å². The molecule has 0 heterocycles. The second-order valence-electron chi connectivity index (χ2n) is 5.68. The monoisotopic (exact) mass is 366 g/mol. The number of esters is 1. The molecule has 1 aromatic carbocycles. The van der Waals surface area contributed by atoms with E-state index in [0.29, 0.717) is 17.9 Å². The SMILES string of the molecule is CC[C@H](C)NC(=O)NC(=O)COC(=O)CCc1ccc(OC)c(OC)c1. The van der Waals surface area contributed by atoms with Crippen molar-refractivity contribution >= 4 is 17.9 Å². The van der Waals surface area contributed by atoms with E-state index in [1.807, 2.05) is 19.9 Å². The highest BCUT2D eigenvalue weighted by atomic mass is 16.5. The highest BCUT2D eigenvalue weighted by Gasteiger charge is 2.13. The lowest BCUT2D eigenvalue weighted by Crippen LogP contribution is -2.44. The van der Waals surface area contributed by atoms with Gasteiger partial charge in [0.05, 0.1) is 14.2 Å². The molecule has 0 aromatic heterocycles. The van der Waals surface area contributed by atoms with Gasteiger partial charge >= 0.3 is 12.0 Å². The number of benzene rings is 1. The molecule has 0 radical (unpaired) electrons. The molecule has 0 saturated carbocycles. The first-order chi connectivity index (χ1) is 12.4. The first-order valence-corrected chi connectivity index (χ1v) is 8.36. The highest BCUT2D eigenvalue weighted by molar-refractivity contribution is 5.95. The fourth-order valence-electron chi connectivity index (χ4n) is 2.03. The van der Waals surface area contributed by atoms with Crippen LogP contribution in [0.4, 0.5) is 4.79 Å². The third-order valence-electron chi connectivity index (χ3n) is 3.67. The van der Waals surface area contributed by atoms with E-state index in [1.165, 1.54) is 7.11 Å². The number of imide groups is 1. The molecule has 0 fully saturated rings. The molecule has 8 nitrogen and oxygen atoms in total. The van der Waals surface area contributed by atoms with Crippen LogP contribution in [0.1, 0.15) is 32.3 Å². The van der Waals surface area contributed by atoms with Gasteiger partial charge in [0.15, 0.2) is 18.1 Å². The van der Waals surface area contributed by atoms with Crippen molar-refractivity contribution in [2.75, 3.05) is 20.8 Å². The van der Waals surface area contributed by atoms with Crippen molar-refractivity contribution in [3.05, 3.63) is 23.8 Å². The van der Waals surface area contributed by atoms with Gasteiger partial charge in [0.25, 0.3) is 5.91 Å². The van der Waals surface area contributed by atoms with Gasteiger partial charge in [-0.05, 0) is 37.5 Å². The molecule has 1 rings (SSSR count). The van der Waals surface area contributed by atoms with Crippen molar-refractivity contribution in [2.45, 2.75) is 39.2 Å². The summed E-state index contributed by atoms with van der Waals surface area (Å²) in [5.41, 5.74) is 0.872. The Morgan fingerprint density at radius 2 is 1.81 bits per heavy atom. The van der Waals surface area contributed by atoms with Crippen LogP contribution in [-0.2, 0) is 20.7 Å². The van der Waals surface area contributed by atoms with Crippen LogP contribution in [0.15, 0.2) is 18.2 Å². The summed E-state index contributed by atoms with van der Waals surface area (Å²) in [4.78, 5) is 34.8. The lowest BCUT2D eigenvalue weighted by molar-refractivity contribution is -0.148. The number of urea groups is 1. The summed E-state index contributed by atoms with van der Waals surface area (Å²) in [5.74, 6) is -0.0289. The minimum Gasteiger partial charge on any atom is -0.493 e. The molecule has 0 saturated heterocycles. The number of hydrogen-bond donors (Lipinski definition) is 2. The summed E-state index contributed by atoms with van der Waals surface area (Å²) in [7, 11) is 3.08. The van der Waals surface area contributed by atoms with Gasteiger partial charge in [0.1, 0.15) is 0 Å². The minimum absolute atomic E-state index is 0.0492. The zero-order valence-electron chi connectivity index (χ0n) is 15.6. The molecule has 8 heteroatoms. The second kappa shape index (κ2) is 11.0. The van der Waals surface area contributed by atoms with Crippen LogP contribution in [0.25, 0.3) is 0 Å². The van der Waals surface area contributed by atoms with E-state index in [4.69, 9.17) is 14.2 Å². The molecule has 3 amide bonds. The van der Waals surface area contributed by atoms with Crippen molar-refractivity contribution in [1.29, 1.82) is 0 Å². The predicted octanol–water partition coefficient (Wildman–Crippen LogP) is 1.80. The van der Waals surface area contributed by atoms with Crippen LogP contribution in [0, 0.1) is 0 Å². The van der Waals surface area contributed by atoms with Crippen LogP contribution in [0.2, 0.25) is 0 Å². The molecule has 0 bridgehead atoms. The van der Waals surface area contributed by atoms with Crippen LogP contribution in [0.3, 0.4) is 0 Å². The van der Waals surface area contributed by atoms with Crippen molar-refractivity contribution in [2.24, 2.45) is 0 Å². The van der Waals surface area contributed by atoms with Crippen LogP contribution in [-0.4, -0.2) is 44.8 Å². The lowest BCUT2D eigenvalue weighted by atomic mass is 10.1. The van der Waals surface area contributed by atoms with Gasteiger partial charge in [-0.25, -0.2) is 4.79 Å². The largest absolute Gasteiger partial charge is 0.493 e. The maximum Gasteiger partial charge on any atom is 0.321 e. The lowest BCUT2D eigenvalue weighted by Gasteiger charge is -2.12. The molecule has 144 valence electrons. The fraction of sp³-hybridized carbons (Fsp3) is 0.500. The molecule has 0 aliphatic heterocycles. The number of carbonyl (C=O) groups is 3. The van der Waals surface area contributed by atoms with E-state index in [1.54, 1.807) is 19.2 Å². The number of hydrogen-bond acceptors (Lipinski definition) is 6. The summed E-state index contributed by atoms with van der Waals surface area (Å²) < 4.78 is 15.2. The first kappa shape index (κ1) is 21.3. The Morgan fingerprint density at radius 1 is 1.12 bits per heavy atom. The van der Waals surface area contributed by atoms with E-state index in [-0.39, 0.29) is 12.5 Å². The number of carbonyl (C=O) groups excluding carboxylic acids is 3. The minimum atomic E-state index is -0.676. The Kier molecular flexibility index (Phi) is 8.97. The zero-order valence-corrected chi connectivity index (χ0v) is 15.6. The Bertz CT molecular complexity index is 632. The molecule has 0 aliphatic carbocycles. The number of rotatable bonds is 9. The Balaban J connectivity index is 2.36. The molecular weight excluding hydrogens is 340 g/mol. The summed E-state index contributed by atoms with van der Waals surface area (Å²) in [6.45, 7) is 3.23. The summed E-state index contributed by atoms with van der Waals surface area (Å²) in [5, 5.41) is 4.69. The number of methoxy groups -OCH3 is 2. The van der Waals surface area contributed by atoms with Gasteiger partial charge in [-0.2, -0.15) is 0 Å². The number of nitrogens with one attached hydrogen (secondary N) is 2. The summed E-state index contributed by atoms with van der Waals surface area (Å²) in [6, 6.07) is 4.69. The second-order valence-corrected chi connectivity index (χ2v) is 5.68. The summed E-state index contributed by atoms with van der Waals surface area (Å²) >= 11 is 0. The molecule has 0 unspecified atom stereocenters. The van der Waals surface area contributed by atoms with Gasteiger partial charge in [0.2, 0.25) is 0 Å². The Morgan fingerprint density at radius 3 is 2.42 bits per heavy atom. The normalized spacial score (nSPS) is 11.2. The average molecular weight is 366 g/mol. The first-order valence-electron chi connectivity index (χ1n) is 8.36. The molecule has 0 aliphatic rings. The van der Waals surface area contributed by atoms with Gasteiger partial charge in [0, 0.05) is 12.5 Å². The van der Waals surface area contributed by atoms with Crippen molar-refractivity contribution < 1.29 is 28.6 Å². The number of amides is 3. The van der Waals surface area contributed by atoms with Crippen LogP contribution in [0.5, 0.6) is 11.5 Å². The third-order valence-corrected chi connectivity index (χ3v) is 3.67. The van der Waals surface area contributed by atoms with E-state index >= 15 is 0 Å². The van der Waals surface area contributed by atoms with Crippen LogP contribution >= 0.6 is 0 Å². The van der Waals surface area contributed by atoms with E-state index < -0.39 is 24.5 Å². The molecule has 26 heavy (non-hydrogen) atoms. The smallest absolute Gasteiger partial charge is 0.321 e. The highest BCUT2D eigenvalue weighted by Crippen LogP contribution is 2.27. The Labute approximate surface area is 153 Å². The van der Waals surface area contributed by atoms with Gasteiger partial charge < -0.3 is 19.5 Å². The van der Waals surface area contributed by atoms with Crippen molar-refractivity contribution in [1.82, 2.24) is 10.6 Å². The summed E-state index contributed by atoms with van der Waals surface area (Å²) in [6.07, 6.45) is 1.27. The predicted molar refractivity (Wildman–Crippen MR) is 95.3 cm³/mol. The quantitative estimate of drug-likeness (QED) is 0.646. The molecule has 2 N–H and O–H groups in total. The third kappa shape index (κ3) is 7.42. The molecule has 1 aromatic rings. The number of ether oxygens (including phenoxy) is 3. The number of aryl methyl sites for hydroxylation is 1. The zero-order chi connectivity index (χ0) is 19.5. The topological polar surface area (TPSA) is 103 Å². The fourth-order valence-corrected chi connectivity index (χ4v) is 2.03. The van der Waals surface area contributed by atoms with Crippen LogP contribution < -0.4 is 20.1 Å². The van der Waals surface area contributed by atoms with Gasteiger partial charge in [-0.1, -0.05) is 13.0 Å². The van der Waals surface area contributed by atoms with E-state index in [2.05, 4.69) is 10.6 Å². The maximum atomic E-state index is 11.7. The van der Waals surface area contributed by atoms with E-state index in [0.717, 1.165) is 12.0 Å². The average Bonchev–Trinajstić information content (AvgIpc) is 2.63. The molecule has 1 atom stereocenters. The molecular formula is C18H26N2O6.